The molecule has 28 heavy (non-hydrogen) atoms. The van der Waals surface area contributed by atoms with Crippen LogP contribution in [0, 0.1) is 10.1 Å². The number of hydrogen-bond donors (Lipinski definition) is 2. The number of fused-ring (bicyclic) bond motifs is 1. The molecule has 0 radical (unpaired) electrons. The van der Waals surface area contributed by atoms with Crippen molar-refractivity contribution in [2.75, 3.05) is 12.4 Å². The Morgan fingerprint density at radius 3 is 2.46 bits per heavy atom. The topological polar surface area (TPSA) is 111 Å². The summed E-state index contributed by atoms with van der Waals surface area (Å²) in [5.41, 5.74) is -1.11. The Hall–Kier alpha value is -3.10. The summed E-state index contributed by atoms with van der Waals surface area (Å²) in [5, 5.41) is 16.7. The Balaban J connectivity index is 2.00. The van der Waals surface area contributed by atoms with Crippen LogP contribution in [0.5, 0.6) is 0 Å². The zero-order chi connectivity index (χ0) is 20.5. The first-order chi connectivity index (χ1) is 13.2. The number of carbonyl (C=O) groups excluding carboxylic acids is 2. The molecule has 0 spiro atoms. The first-order valence-corrected chi connectivity index (χ1v) is 8.72. The number of benzene rings is 2. The summed E-state index contributed by atoms with van der Waals surface area (Å²) < 4.78 is 5.58. The molecule has 0 aromatic heterocycles. The van der Waals surface area contributed by atoms with Crippen molar-refractivity contribution in [3.05, 3.63) is 69.8 Å². The molecule has 2 N–H and O–H groups in total. The summed E-state index contributed by atoms with van der Waals surface area (Å²) in [6.45, 7) is 3.81. The molecule has 0 saturated heterocycles. The van der Waals surface area contributed by atoms with Crippen molar-refractivity contribution < 1.29 is 19.2 Å². The third kappa shape index (κ3) is 3.39. The van der Waals surface area contributed by atoms with Crippen molar-refractivity contribution in [2.24, 2.45) is 0 Å². The maximum absolute atomic E-state index is 13.2. The van der Waals surface area contributed by atoms with Gasteiger partial charge >= 0.3 is 0 Å². The van der Waals surface area contributed by atoms with Crippen molar-refractivity contribution in [2.45, 2.75) is 31.5 Å². The van der Waals surface area contributed by atoms with E-state index in [9.17, 15) is 19.7 Å². The summed E-state index contributed by atoms with van der Waals surface area (Å²) >= 11 is 0. The van der Waals surface area contributed by atoms with Crippen LogP contribution in [0.2, 0.25) is 0 Å². The highest BCUT2D eigenvalue weighted by molar-refractivity contribution is 6.43. The minimum atomic E-state index is -1.69. The molecule has 1 unspecified atom stereocenters. The van der Waals surface area contributed by atoms with Gasteiger partial charge in [-0.3, -0.25) is 25.0 Å². The number of nitro groups is 1. The maximum atomic E-state index is 13.2. The van der Waals surface area contributed by atoms with Gasteiger partial charge in [-0.2, -0.15) is 0 Å². The molecule has 2 aromatic carbocycles. The highest BCUT2D eigenvalue weighted by atomic mass is 16.6. The number of nitrogens with zero attached hydrogens (tertiary/aromatic N) is 1. The molecular weight excluding hydrogens is 362 g/mol. The third-order valence-corrected chi connectivity index (χ3v) is 4.72. The van der Waals surface area contributed by atoms with Gasteiger partial charge in [0.15, 0.2) is 0 Å². The minimum absolute atomic E-state index is 0.0551. The smallest absolute Gasteiger partial charge is 0.297 e. The Labute approximate surface area is 162 Å². The highest BCUT2D eigenvalue weighted by Crippen LogP contribution is 2.36. The summed E-state index contributed by atoms with van der Waals surface area (Å²) in [6, 6.07) is 12.9. The average molecular weight is 383 g/mol. The third-order valence-electron chi connectivity index (χ3n) is 4.72. The fourth-order valence-electron chi connectivity index (χ4n) is 3.59. The van der Waals surface area contributed by atoms with E-state index in [2.05, 4.69) is 10.6 Å². The standard InChI is InChI=1S/C20H21N3O5/c1-19(2)12-13-8-4-5-9-14(13)20(22-19,28-3)17(24)18(25)21-15-10-6-7-11-16(15)23(26)27/h4-11,22H,12H2,1-3H3,(H,21,25). The normalized spacial score (nSPS) is 20.1. The molecule has 0 saturated carbocycles. The number of para-hydroxylation sites is 2. The minimum Gasteiger partial charge on any atom is -0.352 e. The van der Waals surface area contributed by atoms with Gasteiger partial charge in [0, 0.05) is 24.3 Å². The molecule has 146 valence electrons. The first kappa shape index (κ1) is 19.7. The van der Waals surface area contributed by atoms with Gasteiger partial charge in [-0.05, 0) is 31.9 Å². The molecule has 0 aliphatic carbocycles. The number of ketones is 1. The van der Waals surface area contributed by atoms with Gasteiger partial charge in [-0.25, -0.2) is 0 Å². The van der Waals surface area contributed by atoms with Gasteiger partial charge in [0.25, 0.3) is 17.4 Å². The monoisotopic (exact) mass is 383 g/mol. The van der Waals surface area contributed by atoms with Gasteiger partial charge in [-0.1, -0.05) is 36.4 Å². The fourth-order valence-corrected chi connectivity index (χ4v) is 3.59. The van der Waals surface area contributed by atoms with Crippen molar-refractivity contribution >= 4 is 23.1 Å². The van der Waals surface area contributed by atoms with E-state index in [0.29, 0.717) is 12.0 Å². The molecule has 8 nitrogen and oxygen atoms in total. The lowest BCUT2D eigenvalue weighted by Gasteiger charge is -2.45. The second kappa shape index (κ2) is 7.14. The predicted octanol–water partition coefficient (Wildman–Crippen LogP) is 2.53. The van der Waals surface area contributed by atoms with Crippen LogP contribution in [0.25, 0.3) is 0 Å². The van der Waals surface area contributed by atoms with Crippen molar-refractivity contribution in [3.8, 4) is 0 Å². The molecular formula is C20H21N3O5. The van der Waals surface area contributed by atoms with Crippen LogP contribution in [0.4, 0.5) is 11.4 Å². The lowest BCUT2D eigenvalue weighted by atomic mass is 9.80. The molecule has 3 rings (SSSR count). The quantitative estimate of drug-likeness (QED) is 0.466. The average Bonchev–Trinajstić information content (AvgIpc) is 2.66. The van der Waals surface area contributed by atoms with Crippen LogP contribution in [0.1, 0.15) is 25.0 Å². The molecule has 2 aromatic rings. The lowest BCUT2D eigenvalue weighted by Crippen LogP contribution is -2.64. The number of methoxy groups -OCH3 is 1. The van der Waals surface area contributed by atoms with Crippen LogP contribution in [0.3, 0.4) is 0 Å². The van der Waals surface area contributed by atoms with E-state index in [0.717, 1.165) is 5.56 Å². The van der Waals surface area contributed by atoms with Crippen molar-refractivity contribution in [3.63, 3.8) is 0 Å². The number of anilines is 1. The molecule has 1 atom stereocenters. The molecule has 0 bridgehead atoms. The number of nitro benzene ring substituents is 1. The second-order valence-corrected chi connectivity index (χ2v) is 7.29. The number of Topliss-reactive ketones (excluding diaryl/α,β-unsaturated/α-hetero) is 1. The molecule has 1 aliphatic heterocycles. The number of amides is 1. The number of hydrogen-bond acceptors (Lipinski definition) is 6. The zero-order valence-corrected chi connectivity index (χ0v) is 15.8. The van der Waals surface area contributed by atoms with E-state index < -0.39 is 27.9 Å². The molecule has 1 heterocycles. The molecule has 1 aliphatic rings. The number of ether oxygens (including phenoxy) is 1. The zero-order valence-electron chi connectivity index (χ0n) is 15.8. The Morgan fingerprint density at radius 2 is 1.79 bits per heavy atom. The molecule has 8 heteroatoms. The maximum Gasteiger partial charge on any atom is 0.297 e. The Bertz CT molecular complexity index is 956. The SMILES string of the molecule is COC1(C(=O)C(=O)Nc2ccccc2[N+](=O)[O-])NC(C)(C)Cc2ccccc21. The number of rotatable bonds is 5. The Morgan fingerprint density at radius 1 is 1.14 bits per heavy atom. The molecule has 1 amide bonds. The highest BCUT2D eigenvalue weighted by Gasteiger charge is 2.51. The van der Waals surface area contributed by atoms with E-state index in [1.54, 1.807) is 12.1 Å². The van der Waals surface area contributed by atoms with Gasteiger partial charge < -0.3 is 10.1 Å². The first-order valence-electron chi connectivity index (χ1n) is 8.72. The largest absolute Gasteiger partial charge is 0.352 e. The van der Waals surface area contributed by atoms with Crippen LogP contribution in [0.15, 0.2) is 48.5 Å². The van der Waals surface area contributed by atoms with E-state index in [4.69, 9.17) is 4.74 Å². The summed E-state index contributed by atoms with van der Waals surface area (Å²) in [4.78, 5) is 36.5. The van der Waals surface area contributed by atoms with Crippen molar-refractivity contribution in [1.82, 2.24) is 5.32 Å². The lowest BCUT2D eigenvalue weighted by molar-refractivity contribution is -0.383. The van der Waals surface area contributed by atoms with Gasteiger partial charge in [0.1, 0.15) is 5.69 Å². The Kier molecular flexibility index (Phi) is 5.01. The summed E-state index contributed by atoms with van der Waals surface area (Å²) in [5.74, 6) is -1.88. The van der Waals surface area contributed by atoms with Gasteiger partial charge in [-0.15, -0.1) is 0 Å². The fraction of sp³-hybridized carbons (Fsp3) is 0.300. The van der Waals surface area contributed by atoms with E-state index in [1.165, 1.54) is 31.4 Å². The van der Waals surface area contributed by atoms with Crippen LogP contribution < -0.4 is 10.6 Å². The van der Waals surface area contributed by atoms with E-state index in [-0.39, 0.29) is 11.4 Å². The molecule has 0 fully saturated rings. The van der Waals surface area contributed by atoms with Crippen molar-refractivity contribution in [1.29, 1.82) is 0 Å². The summed E-state index contributed by atoms with van der Waals surface area (Å²) in [6.07, 6.45) is 0.646. The van der Waals surface area contributed by atoms with Crippen LogP contribution >= 0.6 is 0 Å². The number of nitrogens with one attached hydrogen (secondary N) is 2. The summed E-state index contributed by atoms with van der Waals surface area (Å²) in [7, 11) is 1.35. The van der Waals surface area contributed by atoms with Gasteiger partial charge in [0.05, 0.1) is 4.92 Å². The predicted molar refractivity (Wildman–Crippen MR) is 103 cm³/mol. The van der Waals surface area contributed by atoms with Crippen LogP contribution in [-0.2, 0) is 26.5 Å². The van der Waals surface area contributed by atoms with E-state index >= 15 is 0 Å². The van der Waals surface area contributed by atoms with Crippen LogP contribution in [-0.4, -0.2) is 29.3 Å². The van der Waals surface area contributed by atoms with E-state index in [1.807, 2.05) is 26.0 Å². The number of carbonyl (C=O) groups is 2. The second-order valence-electron chi connectivity index (χ2n) is 7.29. The van der Waals surface area contributed by atoms with Gasteiger partial charge in [0.2, 0.25) is 5.72 Å².